The summed E-state index contributed by atoms with van der Waals surface area (Å²) in [5.41, 5.74) is 0. The van der Waals surface area contributed by atoms with Crippen LogP contribution in [0, 0.1) is 0 Å². The monoisotopic (exact) mass is 217 g/mol. The van der Waals surface area contributed by atoms with Crippen LogP contribution in [0.3, 0.4) is 0 Å². The third kappa shape index (κ3) is 5.74. The van der Waals surface area contributed by atoms with E-state index in [1.807, 2.05) is 11.9 Å². The first-order valence-electron chi connectivity index (χ1n) is 3.86. The summed E-state index contributed by atoms with van der Waals surface area (Å²) < 4.78 is 43.9. The van der Waals surface area contributed by atoms with Crippen LogP contribution in [-0.4, -0.2) is 48.5 Å². The highest BCUT2D eigenvalue weighted by molar-refractivity contribution is 5.73. The summed E-state index contributed by atoms with van der Waals surface area (Å²) in [5.74, 6) is -2.76. The number of rotatable bonds is 0. The molecule has 0 aromatic carbocycles. The van der Waals surface area contributed by atoms with Gasteiger partial charge in [-0.1, -0.05) is 0 Å². The van der Waals surface area contributed by atoms with Gasteiger partial charge in [0.1, 0.15) is 6.17 Å². The minimum atomic E-state index is -5.08. The molecule has 1 heterocycles. The molecule has 0 spiro atoms. The Bertz CT molecular complexity index is 187. The molecule has 0 radical (unpaired) electrons. The number of aliphatic carboxylic acids is 1. The van der Waals surface area contributed by atoms with Gasteiger partial charge in [0.25, 0.3) is 0 Å². The lowest BCUT2D eigenvalue weighted by Crippen LogP contribution is -2.21. The molecule has 1 rings (SSSR count). The van der Waals surface area contributed by atoms with Crippen molar-refractivity contribution in [3.05, 3.63) is 0 Å². The van der Waals surface area contributed by atoms with Crippen LogP contribution in [0.15, 0.2) is 0 Å². The topological polar surface area (TPSA) is 40.5 Å². The van der Waals surface area contributed by atoms with Gasteiger partial charge in [-0.25, -0.2) is 9.18 Å². The fraction of sp³-hybridized carbons (Fsp3) is 0.857. The molecule has 1 unspecified atom stereocenters. The van der Waals surface area contributed by atoms with Crippen LogP contribution in [0.4, 0.5) is 17.6 Å². The van der Waals surface area contributed by atoms with Crippen molar-refractivity contribution in [2.45, 2.75) is 18.8 Å². The summed E-state index contributed by atoms with van der Waals surface area (Å²) in [6.45, 7) is 1.57. The summed E-state index contributed by atoms with van der Waals surface area (Å²) in [6, 6.07) is 0. The molecule has 0 amide bonds. The second-order valence-electron chi connectivity index (χ2n) is 2.95. The van der Waals surface area contributed by atoms with Crippen molar-refractivity contribution in [3.8, 4) is 0 Å². The van der Waals surface area contributed by atoms with Crippen LogP contribution in [0.5, 0.6) is 0 Å². The lowest BCUT2D eigenvalue weighted by molar-refractivity contribution is -0.192. The Morgan fingerprint density at radius 3 is 2.00 bits per heavy atom. The molecule has 0 aromatic heterocycles. The summed E-state index contributed by atoms with van der Waals surface area (Å²) in [7, 11) is 1.94. The van der Waals surface area contributed by atoms with Crippen molar-refractivity contribution in [2.24, 2.45) is 0 Å². The quantitative estimate of drug-likeness (QED) is 0.621. The molecule has 0 aliphatic carbocycles. The van der Waals surface area contributed by atoms with Gasteiger partial charge in [-0.2, -0.15) is 13.2 Å². The van der Waals surface area contributed by atoms with E-state index < -0.39 is 18.3 Å². The molecule has 84 valence electrons. The number of halogens is 4. The molecule has 0 aromatic rings. The second kappa shape index (κ2) is 5.14. The average molecular weight is 217 g/mol. The molecule has 1 aliphatic heterocycles. The number of hydrogen-bond donors (Lipinski definition) is 1. The van der Waals surface area contributed by atoms with E-state index in [1.165, 1.54) is 0 Å². The lowest BCUT2D eigenvalue weighted by atomic mass is 10.4. The van der Waals surface area contributed by atoms with Gasteiger partial charge in [0.05, 0.1) is 0 Å². The molecule has 1 saturated heterocycles. The van der Waals surface area contributed by atoms with Crippen LogP contribution in [0.1, 0.15) is 6.42 Å². The number of alkyl halides is 4. The van der Waals surface area contributed by atoms with E-state index in [0.717, 1.165) is 13.0 Å². The highest BCUT2D eigenvalue weighted by atomic mass is 19.4. The van der Waals surface area contributed by atoms with Crippen LogP contribution < -0.4 is 0 Å². The van der Waals surface area contributed by atoms with Crippen LogP contribution in [0.2, 0.25) is 0 Å². The zero-order chi connectivity index (χ0) is 11.4. The van der Waals surface area contributed by atoms with Crippen LogP contribution >= 0.6 is 0 Å². The molecule has 1 fully saturated rings. The highest BCUT2D eigenvalue weighted by Gasteiger charge is 2.38. The van der Waals surface area contributed by atoms with Gasteiger partial charge in [-0.3, -0.25) is 0 Å². The molecule has 14 heavy (non-hydrogen) atoms. The number of likely N-dealkylation sites (tertiary alicyclic amines) is 1. The molecule has 1 N–H and O–H groups in total. The molecule has 0 saturated carbocycles. The normalized spacial score (nSPS) is 22.8. The van der Waals surface area contributed by atoms with E-state index in [4.69, 9.17) is 9.90 Å². The van der Waals surface area contributed by atoms with E-state index >= 15 is 0 Å². The maximum Gasteiger partial charge on any atom is 0.490 e. The molecule has 0 bridgehead atoms. The van der Waals surface area contributed by atoms with Gasteiger partial charge in [0.15, 0.2) is 0 Å². The fourth-order valence-electron chi connectivity index (χ4n) is 0.881. The molecular formula is C7H11F4NO2. The standard InChI is InChI=1S/C5H10FN.C2HF3O2/c1-7-3-2-5(6)4-7;3-2(4,5)1(6)7/h5H,2-4H2,1H3;(H,6,7). The van der Waals surface area contributed by atoms with Crippen molar-refractivity contribution in [3.63, 3.8) is 0 Å². The second-order valence-corrected chi connectivity index (χ2v) is 2.95. The predicted octanol–water partition coefficient (Wildman–Crippen LogP) is 1.29. The summed E-state index contributed by atoms with van der Waals surface area (Å²) in [4.78, 5) is 10.9. The van der Waals surface area contributed by atoms with Crippen molar-refractivity contribution >= 4 is 5.97 Å². The molecule has 1 aliphatic rings. The SMILES string of the molecule is CN1CCC(F)C1.O=C(O)C(F)(F)F. The number of carboxylic acid groups (broad SMARTS) is 1. The van der Waals surface area contributed by atoms with Gasteiger partial charge in [0.2, 0.25) is 0 Å². The molecular weight excluding hydrogens is 206 g/mol. The van der Waals surface area contributed by atoms with Gasteiger partial charge in [0, 0.05) is 13.1 Å². The van der Waals surface area contributed by atoms with E-state index in [0.29, 0.717) is 6.54 Å². The minimum Gasteiger partial charge on any atom is -0.475 e. The number of hydrogen-bond acceptors (Lipinski definition) is 2. The summed E-state index contributed by atoms with van der Waals surface area (Å²) in [6.07, 6.45) is -4.90. The highest BCUT2D eigenvalue weighted by Crippen LogP contribution is 2.13. The van der Waals surface area contributed by atoms with Crippen LogP contribution in [0.25, 0.3) is 0 Å². The lowest BCUT2D eigenvalue weighted by Gasteiger charge is -2.01. The zero-order valence-corrected chi connectivity index (χ0v) is 7.51. The van der Waals surface area contributed by atoms with Crippen molar-refractivity contribution < 1.29 is 27.5 Å². The summed E-state index contributed by atoms with van der Waals surface area (Å²) >= 11 is 0. The Hall–Kier alpha value is -0.850. The largest absolute Gasteiger partial charge is 0.490 e. The third-order valence-corrected chi connectivity index (χ3v) is 1.58. The average Bonchev–Trinajstić information content (AvgIpc) is 2.33. The Balaban J connectivity index is 0.000000241. The Morgan fingerprint density at radius 1 is 1.50 bits per heavy atom. The van der Waals surface area contributed by atoms with Gasteiger partial charge >= 0.3 is 12.1 Å². The first-order chi connectivity index (χ1) is 6.23. The van der Waals surface area contributed by atoms with Crippen molar-refractivity contribution in [1.82, 2.24) is 4.90 Å². The van der Waals surface area contributed by atoms with Gasteiger partial charge in [-0.05, 0) is 13.5 Å². The summed E-state index contributed by atoms with van der Waals surface area (Å²) in [5, 5.41) is 7.12. The molecule has 7 heteroatoms. The third-order valence-electron chi connectivity index (χ3n) is 1.58. The van der Waals surface area contributed by atoms with E-state index in [2.05, 4.69) is 0 Å². The van der Waals surface area contributed by atoms with Gasteiger partial charge < -0.3 is 10.0 Å². The predicted molar refractivity (Wildman–Crippen MR) is 40.7 cm³/mol. The smallest absolute Gasteiger partial charge is 0.475 e. The number of carboxylic acids is 1. The van der Waals surface area contributed by atoms with E-state index in [9.17, 15) is 17.6 Å². The first-order valence-corrected chi connectivity index (χ1v) is 3.86. The number of nitrogens with zero attached hydrogens (tertiary/aromatic N) is 1. The zero-order valence-electron chi connectivity index (χ0n) is 7.51. The Labute approximate surface area is 78.3 Å². The Kier molecular flexibility index (Phi) is 4.82. The van der Waals surface area contributed by atoms with Gasteiger partial charge in [-0.15, -0.1) is 0 Å². The van der Waals surface area contributed by atoms with Crippen molar-refractivity contribution in [2.75, 3.05) is 20.1 Å². The molecule has 3 nitrogen and oxygen atoms in total. The van der Waals surface area contributed by atoms with Crippen molar-refractivity contribution in [1.29, 1.82) is 0 Å². The molecule has 1 atom stereocenters. The van der Waals surface area contributed by atoms with E-state index in [-0.39, 0.29) is 0 Å². The maximum absolute atomic E-state index is 12.1. The number of carbonyl (C=O) groups is 1. The fourth-order valence-corrected chi connectivity index (χ4v) is 0.881. The van der Waals surface area contributed by atoms with Crippen LogP contribution in [-0.2, 0) is 4.79 Å². The maximum atomic E-state index is 12.1. The van der Waals surface area contributed by atoms with E-state index in [1.54, 1.807) is 0 Å². The minimum absolute atomic E-state index is 0.551. The Morgan fingerprint density at radius 2 is 1.93 bits per heavy atom. The first kappa shape index (κ1) is 13.2.